The van der Waals surface area contributed by atoms with Gasteiger partial charge in [0, 0.05) is 0 Å². The SMILES string of the molecule is C=C(OCC)c1ccc(C2(NC(=O)O)CC2)cc1F. The summed E-state index contributed by atoms with van der Waals surface area (Å²) >= 11 is 0. The van der Waals surface area contributed by atoms with Gasteiger partial charge in [0.15, 0.2) is 0 Å². The van der Waals surface area contributed by atoms with Crippen LogP contribution in [0.15, 0.2) is 24.8 Å². The van der Waals surface area contributed by atoms with Gasteiger partial charge in [-0.2, -0.15) is 0 Å². The zero-order valence-corrected chi connectivity index (χ0v) is 10.7. The Bertz CT molecular complexity index is 523. The molecule has 1 fully saturated rings. The van der Waals surface area contributed by atoms with Crippen molar-refractivity contribution >= 4 is 11.9 Å². The predicted octanol–water partition coefficient (Wildman–Crippen LogP) is 3.09. The minimum absolute atomic E-state index is 0.280. The van der Waals surface area contributed by atoms with Crippen LogP contribution in [-0.4, -0.2) is 17.8 Å². The van der Waals surface area contributed by atoms with E-state index in [1.165, 1.54) is 6.07 Å². The number of rotatable bonds is 5. The molecule has 0 bridgehead atoms. The molecule has 1 aromatic rings. The molecule has 0 saturated heterocycles. The summed E-state index contributed by atoms with van der Waals surface area (Å²) in [6.07, 6.45) is 0.273. The van der Waals surface area contributed by atoms with Gasteiger partial charge in [-0.1, -0.05) is 12.6 Å². The highest BCUT2D eigenvalue weighted by Gasteiger charge is 2.46. The summed E-state index contributed by atoms with van der Waals surface area (Å²) in [7, 11) is 0. The van der Waals surface area contributed by atoms with Gasteiger partial charge in [0.2, 0.25) is 0 Å². The van der Waals surface area contributed by atoms with Crippen LogP contribution in [0.1, 0.15) is 30.9 Å². The highest BCUT2D eigenvalue weighted by Crippen LogP contribution is 2.45. The van der Waals surface area contributed by atoms with Gasteiger partial charge in [-0.05, 0) is 37.5 Å². The van der Waals surface area contributed by atoms with E-state index in [1.54, 1.807) is 19.1 Å². The number of carbonyl (C=O) groups is 1. The third-order valence-electron chi connectivity index (χ3n) is 3.24. The van der Waals surface area contributed by atoms with Gasteiger partial charge in [-0.3, -0.25) is 0 Å². The monoisotopic (exact) mass is 265 g/mol. The Balaban J connectivity index is 2.24. The molecule has 1 aliphatic rings. The number of hydrogen-bond acceptors (Lipinski definition) is 2. The third-order valence-corrected chi connectivity index (χ3v) is 3.24. The van der Waals surface area contributed by atoms with Crippen LogP contribution in [0.25, 0.3) is 5.76 Å². The molecule has 0 aliphatic heterocycles. The minimum atomic E-state index is -1.10. The van der Waals surface area contributed by atoms with Gasteiger partial charge in [-0.15, -0.1) is 0 Å². The van der Waals surface area contributed by atoms with Crippen LogP contribution < -0.4 is 5.32 Å². The second-order valence-corrected chi connectivity index (χ2v) is 4.56. The Morgan fingerprint density at radius 3 is 2.74 bits per heavy atom. The summed E-state index contributed by atoms with van der Waals surface area (Å²) in [5, 5.41) is 11.2. The summed E-state index contributed by atoms with van der Waals surface area (Å²) < 4.78 is 19.2. The molecule has 5 heteroatoms. The van der Waals surface area contributed by atoms with Crippen molar-refractivity contribution in [2.45, 2.75) is 25.3 Å². The summed E-state index contributed by atoms with van der Waals surface area (Å²) in [6, 6.07) is 4.64. The maximum Gasteiger partial charge on any atom is 0.405 e. The molecule has 4 nitrogen and oxygen atoms in total. The Kier molecular flexibility index (Phi) is 3.46. The van der Waals surface area contributed by atoms with Crippen LogP contribution >= 0.6 is 0 Å². The van der Waals surface area contributed by atoms with Gasteiger partial charge in [0.05, 0.1) is 17.7 Å². The number of hydrogen-bond donors (Lipinski definition) is 2. The number of amides is 1. The van der Waals surface area contributed by atoms with Gasteiger partial charge in [-0.25, -0.2) is 9.18 Å². The lowest BCUT2D eigenvalue weighted by Crippen LogP contribution is -2.33. The van der Waals surface area contributed by atoms with Crippen molar-refractivity contribution in [1.82, 2.24) is 5.32 Å². The fourth-order valence-electron chi connectivity index (χ4n) is 2.11. The van der Waals surface area contributed by atoms with E-state index in [0.717, 1.165) is 0 Å². The largest absolute Gasteiger partial charge is 0.494 e. The molecule has 0 unspecified atom stereocenters. The highest BCUT2D eigenvalue weighted by molar-refractivity contribution is 5.67. The number of carboxylic acid groups (broad SMARTS) is 1. The van der Waals surface area contributed by atoms with Crippen LogP contribution in [-0.2, 0) is 10.3 Å². The first kappa shape index (κ1) is 13.4. The molecule has 1 aliphatic carbocycles. The van der Waals surface area contributed by atoms with Crippen molar-refractivity contribution in [2.75, 3.05) is 6.61 Å². The molecule has 2 rings (SSSR count). The lowest BCUT2D eigenvalue weighted by molar-refractivity contribution is 0.188. The van der Waals surface area contributed by atoms with Crippen LogP contribution in [0.2, 0.25) is 0 Å². The predicted molar refractivity (Wildman–Crippen MR) is 69.1 cm³/mol. The Labute approximate surface area is 110 Å². The first-order valence-electron chi connectivity index (χ1n) is 6.12. The topological polar surface area (TPSA) is 58.6 Å². The molecule has 1 amide bonds. The van der Waals surface area contributed by atoms with Crippen molar-refractivity contribution < 1.29 is 19.0 Å². The zero-order chi connectivity index (χ0) is 14.0. The highest BCUT2D eigenvalue weighted by atomic mass is 19.1. The summed E-state index contributed by atoms with van der Waals surface area (Å²) in [4.78, 5) is 10.7. The number of ether oxygens (including phenoxy) is 1. The first-order valence-corrected chi connectivity index (χ1v) is 6.12. The van der Waals surface area contributed by atoms with E-state index in [1.807, 2.05) is 0 Å². The molecule has 2 N–H and O–H groups in total. The molecule has 0 aromatic heterocycles. The molecule has 0 radical (unpaired) electrons. The van der Waals surface area contributed by atoms with Crippen molar-refractivity contribution in [2.24, 2.45) is 0 Å². The standard InChI is InChI=1S/C14H16FNO3/c1-3-19-9(2)11-5-4-10(8-12(11)15)14(6-7-14)16-13(17)18/h4-5,8,16H,2-3,6-7H2,1H3,(H,17,18). The average molecular weight is 265 g/mol. The maximum absolute atomic E-state index is 14.0. The molecule has 0 atom stereocenters. The van der Waals surface area contributed by atoms with E-state index >= 15 is 0 Å². The second-order valence-electron chi connectivity index (χ2n) is 4.56. The molecule has 1 aromatic carbocycles. The summed E-state index contributed by atoms with van der Waals surface area (Å²) in [5.74, 6) is -0.169. The molecule has 102 valence electrons. The van der Waals surface area contributed by atoms with Crippen molar-refractivity contribution in [3.05, 3.63) is 41.7 Å². The van der Waals surface area contributed by atoms with Gasteiger partial charge in [0.1, 0.15) is 11.6 Å². The van der Waals surface area contributed by atoms with E-state index < -0.39 is 17.4 Å². The number of benzene rings is 1. The first-order chi connectivity index (χ1) is 8.98. The fourth-order valence-corrected chi connectivity index (χ4v) is 2.11. The van der Waals surface area contributed by atoms with Crippen molar-refractivity contribution in [1.29, 1.82) is 0 Å². The quantitative estimate of drug-likeness (QED) is 0.804. The fraction of sp³-hybridized carbons (Fsp3) is 0.357. The van der Waals surface area contributed by atoms with Gasteiger partial charge < -0.3 is 15.2 Å². The Morgan fingerprint density at radius 2 is 2.26 bits per heavy atom. The third kappa shape index (κ3) is 2.70. The lowest BCUT2D eigenvalue weighted by Gasteiger charge is -2.17. The number of halogens is 1. The summed E-state index contributed by atoms with van der Waals surface area (Å²) in [6.45, 7) is 5.88. The van der Waals surface area contributed by atoms with Crippen molar-refractivity contribution in [3.63, 3.8) is 0 Å². The average Bonchev–Trinajstić information content (AvgIpc) is 3.09. The van der Waals surface area contributed by atoms with Crippen LogP contribution in [0.5, 0.6) is 0 Å². The summed E-state index contributed by atoms with van der Waals surface area (Å²) in [5.41, 5.74) is 0.315. The number of nitrogens with one attached hydrogen (secondary N) is 1. The Hall–Kier alpha value is -2.04. The van der Waals surface area contributed by atoms with E-state index in [2.05, 4.69) is 11.9 Å². The van der Waals surface area contributed by atoms with Gasteiger partial charge >= 0.3 is 6.09 Å². The second kappa shape index (κ2) is 4.91. The molecule has 1 saturated carbocycles. The lowest BCUT2D eigenvalue weighted by atomic mass is 10.0. The van der Waals surface area contributed by atoms with E-state index in [9.17, 15) is 9.18 Å². The Morgan fingerprint density at radius 1 is 1.58 bits per heavy atom. The van der Waals surface area contributed by atoms with E-state index in [4.69, 9.17) is 9.84 Å². The smallest absolute Gasteiger partial charge is 0.405 e. The molecular formula is C14H16FNO3. The van der Waals surface area contributed by atoms with Crippen LogP contribution in [0, 0.1) is 5.82 Å². The minimum Gasteiger partial charge on any atom is -0.494 e. The van der Waals surface area contributed by atoms with Crippen LogP contribution in [0.4, 0.5) is 9.18 Å². The van der Waals surface area contributed by atoms with Gasteiger partial charge in [0.25, 0.3) is 0 Å². The van der Waals surface area contributed by atoms with Crippen molar-refractivity contribution in [3.8, 4) is 0 Å². The van der Waals surface area contributed by atoms with E-state index in [-0.39, 0.29) is 5.76 Å². The molecule has 0 heterocycles. The normalized spacial score (nSPS) is 15.7. The van der Waals surface area contributed by atoms with E-state index in [0.29, 0.717) is 30.6 Å². The van der Waals surface area contributed by atoms with Crippen LogP contribution in [0.3, 0.4) is 0 Å². The molecular weight excluding hydrogens is 249 g/mol. The zero-order valence-electron chi connectivity index (χ0n) is 10.7. The molecule has 19 heavy (non-hydrogen) atoms. The molecule has 0 spiro atoms. The maximum atomic E-state index is 14.0.